The van der Waals surface area contributed by atoms with Gasteiger partial charge in [0.1, 0.15) is 17.5 Å². The van der Waals surface area contributed by atoms with E-state index in [0.717, 1.165) is 29.5 Å². The normalized spacial score (nSPS) is 20.8. The number of nitrogens with zero attached hydrogens (tertiary/aromatic N) is 1. The van der Waals surface area contributed by atoms with E-state index >= 15 is 0 Å². The molecule has 2 atom stereocenters. The fourth-order valence-electron chi connectivity index (χ4n) is 2.66. The van der Waals surface area contributed by atoms with Crippen LogP contribution in [-0.2, 0) is 0 Å². The number of nitrogens with one attached hydrogen (secondary N) is 1. The Kier molecular flexibility index (Phi) is 4.41. The van der Waals surface area contributed by atoms with Gasteiger partial charge in [-0.1, -0.05) is 11.3 Å². The van der Waals surface area contributed by atoms with E-state index in [1.807, 2.05) is 0 Å². The van der Waals surface area contributed by atoms with Crippen LogP contribution in [0.25, 0.3) is 0 Å². The third kappa shape index (κ3) is 3.13. The summed E-state index contributed by atoms with van der Waals surface area (Å²) in [5.41, 5.74) is -1.28. The number of hydrogen-bond donors (Lipinski definition) is 2. The van der Waals surface area contributed by atoms with E-state index in [0.29, 0.717) is 0 Å². The van der Waals surface area contributed by atoms with Crippen LogP contribution in [0.3, 0.4) is 0 Å². The van der Waals surface area contributed by atoms with Crippen LogP contribution < -0.4 is 10.1 Å². The molecule has 0 fully saturated rings. The van der Waals surface area contributed by atoms with Gasteiger partial charge in [0.25, 0.3) is 5.91 Å². The van der Waals surface area contributed by atoms with E-state index in [1.54, 1.807) is 13.8 Å². The number of aliphatic hydroxyl groups is 1. The molecular formula is C16H14F2N2O5S. The third-order valence-corrected chi connectivity index (χ3v) is 5.19. The van der Waals surface area contributed by atoms with E-state index in [2.05, 4.69) is 5.32 Å². The van der Waals surface area contributed by atoms with Crippen molar-refractivity contribution < 1.29 is 28.3 Å². The van der Waals surface area contributed by atoms with Gasteiger partial charge in [0.05, 0.1) is 21.9 Å². The van der Waals surface area contributed by atoms with Crippen molar-refractivity contribution >= 4 is 22.2 Å². The molecule has 1 aromatic heterocycles. The smallest absolute Gasteiger partial charge is 0.328 e. The molecule has 0 aliphatic carbocycles. The molecule has 0 saturated heterocycles. The van der Waals surface area contributed by atoms with Crippen LogP contribution >= 0.6 is 11.3 Å². The van der Waals surface area contributed by atoms with Crippen molar-refractivity contribution in [3.05, 3.63) is 56.5 Å². The van der Waals surface area contributed by atoms with Gasteiger partial charge in [0.15, 0.2) is 11.6 Å². The van der Waals surface area contributed by atoms with Crippen molar-refractivity contribution in [3.8, 4) is 5.75 Å². The second-order valence-corrected chi connectivity index (χ2v) is 7.36. The van der Waals surface area contributed by atoms with Crippen LogP contribution in [0.2, 0.25) is 0 Å². The molecule has 1 aliphatic heterocycles. The van der Waals surface area contributed by atoms with Gasteiger partial charge in [-0.3, -0.25) is 14.9 Å². The molecule has 1 aliphatic rings. The number of rotatable bonds is 3. The number of benzene rings is 1. The second kappa shape index (κ2) is 6.29. The van der Waals surface area contributed by atoms with Gasteiger partial charge in [-0.05, 0) is 32.0 Å². The zero-order valence-electron chi connectivity index (χ0n) is 13.7. The Morgan fingerprint density at radius 1 is 1.35 bits per heavy atom. The monoisotopic (exact) mass is 384 g/mol. The Labute approximate surface area is 150 Å². The first kappa shape index (κ1) is 18.2. The molecule has 138 valence electrons. The lowest BCUT2D eigenvalue weighted by molar-refractivity contribution is -0.380. The Morgan fingerprint density at radius 3 is 2.65 bits per heavy atom. The minimum atomic E-state index is -1.22. The molecule has 2 aromatic rings. The zero-order chi connectivity index (χ0) is 19.2. The SMILES string of the molecule is CC1(C)Oc2cc([N+](=O)[O-])sc2C(NC(=O)c2ccc(F)c(F)c2)C1O. The average molecular weight is 384 g/mol. The Hall–Kier alpha value is -2.59. The topological polar surface area (TPSA) is 102 Å². The van der Waals surface area contributed by atoms with Crippen molar-refractivity contribution in [2.45, 2.75) is 31.6 Å². The Morgan fingerprint density at radius 2 is 2.04 bits per heavy atom. The van der Waals surface area contributed by atoms with Crippen LogP contribution in [0.1, 0.15) is 35.1 Å². The van der Waals surface area contributed by atoms with E-state index in [9.17, 15) is 28.8 Å². The van der Waals surface area contributed by atoms with Crippen molar-refractivity contribution in [3.63, 3.8) is 0 Å². The lowest BCUT2D eigenvalue weighted by Gasteiger charge is -2.40. The van der Waals surface area contributed by atoms with Gasteiger partial charge in [0.2, 0.25) is 0 Å². The predicted molar refractivity (Wildman–Crippen MR) is 88.3 cm³/mol. The van der Waals surface area contributed by atoms with Crippen LogP contribution in [0.4, 0.5) is 13.8 Å². The summed E-state index contributed by atoms with van der Waals surface area (Å²) in [5, 5.41) is 23.9. The number of nitro groups is 1. The quantitative estimate of drug-likeness (QED) is 0.626. The van der Waals surface area contributed by atoms with Crippen molar-refractivity contribution in [2.75, 3.05) is 0 Å². The molecular weight excluding hydrogens is 370 g/mol. The fraction of sp³-hybridized carbons (Fsp3) is 0.312. The first-order valence-electron chi connectivity index (χ1n) is 7.51. The maximum absolute atomic E-state index is 13.4. The average Bonchev–Trinajstić information content (AvgIpc) is 2.97. The minimum absolute atomic E-state index is 0.145. The summed E-state index contributed by atoms with van der Waals surface area (Å²) in [6, 6.07) is 2.87. The predicted octanol–water partition coefficient (Wildman–Crippen LogP) is 2.94. The summed E-state index contributed by atoms with van der Waals surface area (Å²) in [4.78, 5) is 23.1. The Bertz CT molecular complexity index is 899. The summed E-state index contributed by atoms with van der Waals surface area (Å²) in [6.45, 7) is 3.14. The van der Waals surface area contributed by atoms with E-state index in [1.165, 1.54) is 6.07 Å². The summed E-state index contributed by atoms with van der Waals surface area (Å²) >= 11 is 0.766. The number of amides is 1. The van der Waals surface area contributed by atoms with Gasteiger partial charge in [-0.2, -0.15) is 0 Å². The second-order valence-electron chi connectivity index (χ2n) is 6.30. The molecule has 7 nitrogen and oxygen atoms in total. The number of carbonyl (C=O) groups is 1. The molecule has 26 heavy (non-hydrogen) atoms. The molecule has 0 bridgehead atoms. The van der Waals surface area contributed by atoms with E-state index in [4.69, 9.17) is 4.74 Å². The fourth-order valence-corrected chi connectivity index (χ4v) is 3.64. The number of thiophene rings is 1. The number of halogens is 2. The molecule has 0 spiro atoms. The van der Waals surface area contributed by atoms with Crippen molar-refractivity contribution in [1.82, 2.24) is 5.32 Å². The molecule has 3 rings (SSSR count). The van der Waals surface area contributed by atoms with Gasteiger partial charge in [-0.15, -0.1) is 0 Å². The van der Waals surface area contributed by atoms with E-state index in [-0.39, 0.29) is 21.2 Å². The third-order valence-electron chi connectivity index (χ3n) is 4.04. The molecule has 2 heterocycles. The maximum Gasteiger partial charge on any atom is 0.328 e. The first-order valence-corrected chi connectivity index (χ1v) is 8.33. The molecule has 1 amide bonds. The van der Waals surface area contributed by atoms with Crippen LogP contribution in [0.5, 0.6) is 5.75 Å². The summed E-state index contributed by atoms with van der Waals surface area (Å²) in [6.07, 6.45) is -1.22. The van der Waals surface area contributed by atoms with Gasteiger partial charge in [0, 0.05) is 5.56 Å². The number of ether oxygens (including phenoxy) is 1. The van der Waals surface area contributed by atoms with E-state index < -0.39 is 40.2 Å². The standard InChI is InChI=1S/C16H14F2N2O5S/c1-16(2)14(21)12(13-10(25-16)6-11(26-13)20(23)24)19-15(22)7-3-4-8(17)9(18)5-7/h3-6,12,14,21H,1-2H3,(H,19,22). The zero-order valence-corrected chi connectivity index (χ0v) is 14.5. The van der Waals surface area contributed by atoms with Crippen LogP contribution in [0, 0.1) is 21.7 Å². The van der Waals surface area contributed by atoms with Crippen molar-refractivity contribution in [1.29, 1.82) is 0 Å². The van der Waals surface area contributed by atoms with Gasteiger partial charge in [-0.25, -0.2) is 8.78 Å². The number of hydrogen-bond acceptors (Lipinski definition) is 6. The highest BCUT2D eigenvalue weighted by molar-refractivity contribution is 7.15. The molecule has 2 unspecified atom stereocenters. The lowest BCUT2D eigenvalue weighted by atomic mass is 9.90. The number of fused-ring (bicyclic) bond motifs is 1. The first-order chi connectivity index (χ1) is 12.1. The highest BCUT2D eigenvalue weighted by Gasteiger charge is 2.46. The summed E-state index contributed by atoms with van der Waals surface area (Å²) in [7, 11) is 0. The Balaban J connectivity index is 1.96. The number of carbonyl (C=O) groups excluding carboxylic acids is 1. The van der Waals surface area contributed by atoms with Gasteiger partial charge < -0.3 is 15.2 Å². The highest BCUT2D eigenvalue weighted by Crippen LogP contribution is 2.47. The van der Waals surface area contributed by atoms with Gasteiger partial charge >= 0.3 is 5.00 Å². The highest BCUT2D eigenvalue weighted by atomic mass is 32.1. The van der Waals surface area contributed by atoms with Crippen LogP contribution in [-0.4, -0.2) is 27.6 Å². The largest absolute Gasteiger partial charge is 0.484 e. The molecule has 0 saturated carbocycles. The lowest BCUT2D eigenvalue weighted by Crippen LogP contribution is -2.53. The molecule has 1 aromatic carbocycles. The number of aliphatic hydroxyl groups excluding tert-OH is 1. The molecule has 2 N–H and O–H groups in total. The van der Waals surface area contributed by atoms with Crippen molar-refractivity contribution in [2.24, 2.45) is 0 Å². The minimum Gasteiger partial charge on any atom is -0.484 e. The summed E-state index contributed by atoms with van der Waals surface area (Å²) in [5.74, 6) is -2.84. The molecule has 10 heteroatoms. The van der Waals surface area contributed by atoms with Crippen LogP contribution in [0.15, 0.2) is 24.3 Å². The summed E-state index contributed by atoms with van der Waals surface area (Å²) < 4.78 is 32.0. The molecule has 0 radical (unpaired) electrons. The maximum atomic E-state index is 13.4.